The van der Waals surface area contributed by atoms with Crippen molar-refractivity contribution in [1.29, 1.82) is 0 Å². The van der Waals surface area contributed by atoms with Gasteiger partial charge in [0.2, 0.25) is 5.91 Å². The van der Waals surface area contributed by atoms with Gasteiger partial charge in [0.05, 0.1) is 15.1 Å². The van der Waals surface area contributed by atoms with Crippen molar-refractivity contribution in [2.24, 2.45) is 0 Å². The van der Waals surface area contributed by atoms with Gasteiger partial charge in [-0.2, -0.15) is 0 Å². The molecule has 1 saturated heterocycles. The van der Waals surface area contributed by atoms with E-state index in [4.69, 9.17) is 0 Å². The van der Waals surface area contributed by atoms with Gasteiger partial charge in [-0.05, 0) is 42.5 Å². The molecule has 134 valence electrons. The minimum absolute atomic E-state index is 0.0780. The average Bonchev–Trinajstić information content (AvgIpc) is 3.38. The van der Waals surface area contributed by atoms with Gasteiger partial charge < -0.3 is 10.2 Å². The van der Waals surface area contributed by atoms with Crippen molar-refractivity contribution in [3.63, 3.8) is 0 Å². The number of aromatic nitrogens is 1. The van der Waals surface area contributed by atoms with Crippen LogP contribution in [0.25, 0.3) is 20.1 Å². The van der Waals surface area contributed by atoms with Crippen LogP contribution < -0.4 is 5.32 Å². The highest BCUT2D eigenvalue weighted by molar-refractivity contribution is 7.25. The standard InChI is InChI=1S/C19H19N3O2S2/c23-17-5-1-9-22(17)10-3-8-20-18(24)13-6-7-14-16(12-13)26-19(21-14)15-4-2-11-25-15/h2,4,6-7,11-12H,1,3,5,8-10H2,(H,20,24). The molecule has 1 aromatic carbocycles. The van der Waals surface area contributed by atoms with Crippen molar-refractivity contribution in [3.05, 3.63) is 41.3 Å². The first-order valence-corrected chi connectivity index (χ1v) is 10.4. The normalized spacial score (nSPS) is 14.3. The monoisotopic (exact) mass is 385 g/mol. The molecular weight excluding hydrogens is 366 g/mol. The molecule has 26 heavy (non-hydrogen) atoms. The Morgan fingerprint density at radius 1 is 1.31 bits per heavy atom. The Bertz CT molecular complexity index is 934. The van der Waals surface area contributed by atoms with Crippen LogP contribution in [0.15, 0.2) is 35.7 Å². The lowest BCUT2D eigenvalue weighted by Gasteiger charge is -2.15. The summed E-state index contributed by atoms with van der Waals surface area (Å²) < 4.78 is 1.02. The number of thiazole rings is 1. The molecule has 1 N–H and O–H groups in total. The smallest absolute Gasteiger partial charge is 0.251 e. The molecule has 0 radical (unpaired) electrons. The second-order valence-corrected chi connectivity index (χ2v) is 8.25. The van der Waals surface area contributed by atoms with Crippen LogP contribution in [0.2, 0.25) is 0 Å². The second-order valence-electron chi connectivity index (χ2n) is 6.27. The molecule has 0 aliphatic carbocycles. The van der Waals surface area contributed by atoms with Crippen LogP contribution in [0.3, 0.4) is 0 Å². The highest BCUT2D eigenvalue weighted by atomic mass is 32.1. The van der Waals surface area contributed by atoms with E-state index in [1.807, 2.05) is 34.5 Å². The minimum Gasteiger partial charge on any atom is -0.352 e. The van der Waals surface area contributed by atoms with Crippen molar-refractivity contribution < 1.29 is 9.59 Å². The van der Waals surface area contributed by atoms with Crippen molar-refractivity contribution in [1.82, 2.24) is 15.2 Å². The number of thiophene rings is 1. The quantitative estimate of drug-likeness (QED) is 0.657. The topological polar surface area (TPSA) is 62.3 Å². The molecule has 0 saturated carbocycles. The van der Waals surface area contributed by atoms with Crippen LogP contribution in [-0.2, 0) is 4.79 Å². The number of benzene rings is 1. The number of rotatable bonds is 6. The Morgan fingerprint density at radius 2 is 2.23 bits per heavy atom. The summed E-state index contributed by atoms with van der Waals surface area (Å²) in [5.41, 5.74) is 1.57. The van der Waals surface area contributed by atoms with Crippen LogP contribution in [0.5, 0.6) is 0 Å². The summed E-state index contributed by atoms with van der Waals surface area (Å²) in [5, 5.41) is 5.97. The van der Waals surface area contributed by atoms with E-state index < -0.39 is 0 Å². The average molecular weight is 386 g/mol. The van der Waals surface area contributed by atoms with Gasteiger partial charge in [-0.15, -0.1) is 22.7 Å². The number of hydrogen-bond acceptors (Lipinski definition) is 5. The van der Waals surface area contributed by atoms with Gasteiger partial charge in [0.1, 0.15) is 5.01 Å². The molecule has 2 aromatic heterocycles. The van der Waals surface area contributed by atoms with Crippen molar-refractivity contribution >= 4 is 44.7 Å². The molecule has 1 aliphatic heterocycles. The molecule has 0 atom stereocenters. The summed E-state index contributed by atoms with van der Waals surface area (Å²) in [6.07, 6.45) is 2.39. The number of carbonyl (C=O) groups is 2. The first kappa shape index (κ1) is 17.2. The molecule has 1 fully saturated rings. The van der Waals surface area contributed by atoms with Crippen molar-refractivity contribution in [2.45, 2.75) is 19.3 Å². The number of nitrogens with one attached hydrogen (secondary N) is 1. The van der Waals surface area contributed by atoms with Gasteiger partial charge in [-0.3, -0.25) is 9.59 Å². The summed E-state index contributed by atoms with van der Waals surface area (Å²) in [4.78, 5) is 31.6. The van der Waals surface area contributed by atoms with E-state index in [1.165, 1.54) is 0 Å². The Morgan fingerprint density at radius 3 is 3.00 bits per heavy atom. The summed E-state index contributed by atoms with van der Waals surface area (Å²) >= 11 is 3.27. The van der Waals surface area contributed by atoms with Gasteiger partial charge in [0.25, 0.3) is 5.91 Å². The first-order chi connectivity index (χ1) is 12.7. The van der Waals surface area contributed by atoms with E-state index in [0.717, 1.165) is 46.0 Å². The maximum atomic E-state index is 12.4. The van der Waals surface area contributed by atoms with Crippen LogP contribution in [0.1, 0.15) is 29.6 Å². The lowest BCUT2D eigenvalue weighted by molar-refractivity contribution is -0.127. The molecule has 4 rings (SSSR count). The zero-order chi connectivity index (χ0) is 17.9. The maximum absolute atomic E-state index is 12.4. The Balaban J connectivity index is 1.36. The third kappa shape index (κ3) is 3.64. The molecule has 2 amide bonds. The van der Waals surface area contributed by atoms with Gasteiger partial charge in [-0.25, -0.2) is 4.98 Å². The van der Waals surface area contributed by atoms with E-state index in [1.54, 1.807) is 22.7 Å². The number of hydrogen-bond donors (Lipinski definition) is 1. The molecule has 0 unspecified atom stereocenters. The molecule has 3 aromatic rings. The molecular formula is C19H19N3O2S2. The van der Waals surface area contributed by atoms with E-state index in [2.05, 4.69) is 16.4 Å². The predicted molar refractivity (Wildman–Crippen MR) is 106 cm³/mol. The number of likely N-dealkylation sites (tertiary alicyclic amines) is 1. The second kappa shape index (κ2) is 7.55. The van der Waals surface area contributed by atoms with Crippen LogP contribution in [0.4, 0.5) is 0 Å². The number of amides is 2. The number of nitrogens with zero attached hydrogens (tertiary/aromatic N) is 2. The SMILES string of the molecule is O=C(NCCCN1CCCC1=O)c1ccc2nc(-c3cccs3)sc2c1. The maximum Gasteiger partial charge on any atom is 0.251 e. The van der Waals surface area contributed by atoms with Gasteiger partial charge in [0.15, 0.2) is 0 Å². The highest BCUT2D eigenvalue weighted by Crippen LogP contribution is 2.33. The molecule has 1 aliphatic rings. The largest absolute Gasteiger partial charge is 0.352 e. The van der Waals surface area contributed by atoms with Crippen LogP contribution in [0, 0.1) is 0 Å². The van der Waals surface area contributed by atoms with E-state index in [-0.39, 0.29) is 11.8 Å². The Labute approximate surface area is 159 Å². The third-order valence-electron chi connectivity index (χ3n) is 4.44. The van der Waals surface area contributed by atoms with E-state index in [0.29, 0.717) is 18.5 Å². The van der Waals surface area contributed by atoms with E-state index >= 15 is 0 Å². The Kier molecular flexibility index (Phi) is 4.99. The number of fused-ring (bicyclic) bond motifs is 1. The lowest BCUT2D eigenvalue weighted by Crippen LogP contribution is -2.30. The Hall–Kier alpha value is -2.25. The molecule has 3 heterocycles. The van der Waals surface area contributed by atoms with E-state index in [9.17, 15) is 9.59 Å². The molecule has 0 spiro atoms. The molecule has 5 nitrogen and oxygen atoms in total. The summed E-state index contributed by atoms with van der Waals surface area (Å²) in [7, 11) is 0. The van der Waals surface area contributed by atoms with Crippen LogP contribution >= 0.6 is 22.7 Å². The predicted octanol–water partition coefficient (Wildman–Crippen LogP) is 3.77. The highest BCUT2D eigenvalue weighted by Gasteiger charge is 2.19. The zero-order valence-electron chi connectivity index (χ0n) is 14.2. The van der Waals surface area contributed by atoms with Crippen LogP contribution in [-0.4, -0.2) is 41.3 Å². The minimum atomic E-state index is -0.0780. The van der Waals surface area contributed by atoms with Crippen molar-refractivity contribution in [2.75, 3.05) is 19.6 Å². The third-order valence-corrected chi connectivity index (χ3v) is 6.50. The first-order valence-electron chi connectivity index (χ1n) is 8.71. The fourth-order valence-corrected chi connectivity index (χ4v) is 4.89. The summed E-state index contributed by atoms with van der Waals surface area (Å²) in [6.45, 7) is 2.14. The lowest BCUT2D eigenvalue weighted by atomic mass is 10.2. The fraction of sp³-hybridized carbons (Fsp3) is 0.316. The summed E-state index contributed by atoms with van der Waals surface area (Å²) in [5.74, 6) is 0.152. The zero-order valence-corrected chi connectivity index (χ0v) is 15.9. The van der Waals surface area contributed by atoms with Gasteiger partial charge in [0, 0.05) is 31.6 Å². The molecule has 7 heteroatoms. The van der Waals surface area contributed by atoms with Gasteiger partial charge >= 0.3 is 0 Å². The molecule has 0 bridgehead atoms. The number of carbonyl (C=O) groups excluding carboxylic acids is 2. The summed E-state index contributed by atoms with van der Waals surface area (Å²) in [6, 6.07) is 9.70. The van der Waals surface area contributed by atoms with Crippen molar-refractivity contribution in [3.8, 4) is 9.88 Å². The fourth-order valence-electron chi connectivity index (χ4n) is 3.09. The van der Waals surface area contributed by atoms with Gasteiger partial charge in [-0.1, -0.05) is 6.07 Å².